The Kier molecular flexibility index (Phi) is 5.83. The smallest absolute Gasteiger partial charge is 0.194 e. The zero-order valence-corrected chi connectivity index (χ0v) is 15.7. The van der Waals surface area contributed by atoms with Gasteiger partial charge in [0.1, 0.15) is 0 Å². The number of piperazine rings is 1. The summed E-state index contributed by atoms with van der Waals surface area (Å²) in [7, 11) is -2.83. The molecule has 0 aromatic heterocycles. The van der Waals surface area contributed by atoms with E-state index in [9.17, 15) is 8.42 Å². The summed E-state index contributed by atoms with van der Waals surface area (Å²) in [5.41, 5.74) is 1.26. The van der Waals surface area contributed by atoms with Gasteiger partial charge in [0.15, 0.2) is 15.8 Å². The number of sulfone groups is 1. The topological polar surface area (TPSA) is 65.0 Å². The van der Waals surface area contributed by atoms with Crippen LogP contribution in [-0.4, -0.2) is 70.1 Å². The fraction of sp³-hybridized carbons (Fsp3) is 0.611. The van der Waals surface area contributed by atoms with Gasteiger partial charge >= 0.3 is 0 Å². The van der Waals surface area contributed by atoms with Crippen molar-refractivity contribution in [3.63, 3.8) is 0 Å². The highest BCUT2D eigenvalue weighted by atomic mass is 32.2. The number of guanidine groups is 1. The molecule has 138 valence electrons. The molecule has 0 radical (unpaired) electrons. The number of rotatable bonds is 4. The van der Waals surface area contributed by atoms with Crippen molar-refractivity contribution in [2.45, 2.75) is 13.3 Å². The zero-order chi connectivity index (χ0) is 17.7. The molecular weight excluding hydrogens is 336 g/mol. The Morgan fingerprint density at radius 1 is 1.20 bits per heavy atom. The Labute approximate surface area is 150 Å². The predicted molar refractivity (Wildman–Crippen MR) is 103 cm³/mol. The molecule has 2 saturated heterocycles. The Hall–Kier alpha value is -1.76. The van der Waals surface area contributed by atoms with E-state index in [1.54, 1.807) is 0 Å². The molecule has 2 fully saturated rings. The third-order valence-corrected chi connectivity index (χ3v) is 6.70. The third kappa shape index (κ3) is 4.87. The van der Waals surface area contributed by atoms with Crippen LogP contribution < -0.4 is 10.2 Å². The lowest BCUT2D eigenvalue weighted by Gasteiger charge is -2.37. The van der Waals surface area contributed by atoms with Gasteiger partial charge in [0.05, 0.1) is 11.5 Å². The maximum Gasteiger partial charge on any atom is 0.194 e. The van der Waals surface area contributed by atoms with Gasteiger partial charge in [-0.15, -0.1) is 0 Å². The number of nitrogens with zero attached hydrogens (tertiary/aromatic N) is 3. The molecule has 7 heteroatoms. The molecular formula is C18H28N4O2S. The van der Waals surface area contributed by atoms with Gasteiger partial charge in [-0.1, -0.05) is 18.2 Å². The van der Waals surface area contributed by atoms with Crippen molar-refractivity contribution < 1.29 is 8.42 Å². The van der Waals surface area contributed by atoms with E-state index in [2.05, 4.69) is 46.3 Å². The SMILES string of the molecule is CCNC(=NCC1CCS(=O)(=O)C1)N1CCN(c2ccccc2)CC1. The second-order valence-corrected chi connectivity index (χ2v) is 9.00. The quantitative estimate of drug-likeness (QED) is 0.643. The van der Waals surface area contributed by atoms with Crippen molar-refractivity contribution in [3.05, 3.63) is 30.3 Å². The summed E-state index contributed by atoms with van der Waals surface area (Å²) in [6, 6.07) is 10.5. The van der Waals surface area contributed by atoms with E-state index in [0.29, 0.717) is 12.3 Å². The number of hydrogen-bond acceptors (Lipinski definition) is 4. The average Bonchev–Trinajstić information content (AvgIpc) is 2.98. The van der Waals surface area contributed by atoms with Gasteiger partial charge in [-0.05, 0) is 31.4 Å². The first kappa shape index (κ1) is 18.0. The normalized spacial score (nSPS) is 23.7. The van der Waals surface area contributed by atoms with E-state index >= 15 is 0 Å². The molecule has 1 aromatic carbocycles. The molecule has 6 nitrogen and oxygen atoms in total. The summed E-state index contributed by atoms with van der Waals surface area (Å²) in [4.78, 5) is 9.41. The molecule has 2 aliphatic rings. The second-order valence-electron chi connectivity index (χ2n) is 6.77. The maximum absolute atomic E-state index is 11.6. The molecule has 2 aliphatic heterocycles. The Morgan fingerprint density at radius 3 is 2.52 bits per heavy atom. The van der Waals surface area contributed by atoms with Gasteiger partial charge in [0.25, 0.3) is 0 Å². The van der Waals surface area contributed by atoms with Crippen LogP contribution >= 0.6 is 0 Å². The molecule has 0 bridgehead atoms. The van der Waals surface area contributed by atoms with Crippen LogP contribution in [0.3, 0.4) is 0 Å². The third-order valence-electron chi connectivity index (χ3n) is 4.86. The van der Waals surface area contributed by atoms with Crippen LogP contribution in [0, 0.1) is 5.92 Å². The largest absolute Gasteiger partial charge is 0.368 e. The Balaban J connectivity index is 1.57. The summed E-state index contributed by atoms with van der Waals surface area (Å²) < 4.78 is 23.2. The summed E-state index contributed by atoms with van der Waals surface area (Å²) in [5.74, 6) is 1.70. The highest BCUT2D eigenvalue weighted by Crippen LogP contribution is 2.19. The van der Waals surface area contributed by atoms with E-state index in [1.165, 1.54) is 5.69 Å². The van der Waals surface area contributed by atoms with Gasteiger partial charge in [0.2, 0.25) is 0 Å². The fourth-order valence-electron chi connectivity index (χ4n) is 3.47. The van der Waals surface area contributed by atoms with E-state index in [0.717, 1.165) is 45.1 Å². The van der Waals surface area contributed by atoms with Gasteiger partial charge in [-0.3, -0.25) is 4.99 Å². The van der Waals surface area contributed by atoms with E-state index in [4.69, 9.17) is 4.99 Å². The number of benzene rings is 1. The van der Waals surface area contributed by atoms with Crippen LogP contribution in [0.25, 0.3) is 0 Å². The first-order chi connectivity index (χ1) is 12.1. The molecule has 2 heterocycles. The highest BCUT2D eigenvalue weighted by Gasteiger charge is 2.28. The molecule has 0 amide bonds. The summed E-state index contributed by atoms with van der Waals surface area (Å²) in [6.07, 6.45) is 0.743. The minimum Gasteiger partial charge on any atom is -0.368 e. The monoisotopic (exact) mass is 364 g/mol. The lowest BCUT2D eigenvalue weighted by Crippen LogP contribution is -2.52. The van der Waals surface area contributed by atoms with Crippen molar-refractivity contribution in [2.75, 3.05) is 55.7 Å². The lowest BCUT2D eigenvalue weighted by molar-refractivity contribution is 0.371. The second kappa shape index (κ2) is 8.08. The van der Waals surface area contributed by atoms with Crippen LogP contribution in [0.4, 0.5) is 5.69 Å². The van der Waals surface area contributed by atoms with Crippen molar-refractivity contribution in [1.82, 2.24) is 10.2 Å². The molecule has 0 spiro atoms. The number of para-hydroxylation sites is 1. The minimum absolute atomic E-state index is 0.171. The fourth-order valence-corrected chi connectivity index (χ4v) is 5.32. The summed E-state index contributed by atoms with van der Waals surface area (Å²) >= 11 is 0. The molecule has 0 aliphatic carbocycles. The van der Waals surface area contributed by atoms with Crippen molar-refractivity contribution in [3.8, 4) is 0 Å². The maximum atomic E-state index is 11.6. The first-order valence-corrected chi connectivity index (χ1v) is 10.9. The number of aliphatic imine (C=N–C) groups is 1. The van der Waals surface area contributed by atoms with E-state index in [1.807, 2.05) is 6.07 Å². The Morgan fingerprint density at radius 2 is 1.92 bits per heavy atom. The van der Waals surface area contributed by atoms with Gasteiger partial charge < -0.3 is 15.1 Å². The van der Waals surface area contributed by atoms with Crippen LogP contribution in [-0.2, 0) is 9.84 Å². The Bertz CT molecular complexity index is 682. The van der Waals surface area contributed by atoms with Crippen LogP contribution in [0.5, 0.6) is 0 Å². The number of nitrogens with one attached hydrogen (secondary N) is 1. The van der Waals surface area contributed by atoms with Gasteiger partial charge in [0, 0.05) is 45.0 Å². The highest BCUT2D eigenvalue weighted by molar-refractivity contribution is 7.91. The summed E-state index contributed by atoms with van der Waals surface area (Å²) in [5, 5.41) is 3.36. The van der Waals surface area contributed by atoms with Gasteiger partial charge in [-0.2, -0.15) is 0 Å². The molecule has 25 heavy (non-hydrogen) atoms. The standard InChI is InChI=1S/C18H28N4O2S/c1-2-19-18(20-14-16-8-13-25(23,24)15-16)22-11-9-21(10-12-22)17-6-4-3-5-7-17/h3-7,16H,2,8-15H2,1H3,(H,19,20). The first-order valence-electron chi connectivity index (χ1n) is 9.11. The average molecular weight is 365 g/mol. The molecule has 3 rings (SSSR count). The molecule has 1 unspecified atom stereocenters. The number of hydrogen-bond donors (Lipinski definition) is 1. The minimum atomic E-state index is -2.83. The van der Waals surface area contributed by atoms with Crippen molar-refractivity contribution in [1.29, 1.82) is 0 Å². The van der Waals surface area contributed by atoms with E-state index < -0.39 is 9.84 Å². The molecule has 1 N–H and O–H groups in total. The molecule has 1 atom stereocenters. The zero-order valence-electron chi connectivity index (χ0n) is 14.9. The van der Waals surface area contributed by atoms with Crippen molar-refractivity contribution in [2.24, 2.45) is 10.9 Å². The van der Waals surface area contributed by atoms with Gasteiger partial charge in [-0.25, -0.2) is 8.42 Å². The van der Waals surface area contributed by atoms with Crippen LogP contribution in [0.1, 0.15) is 13.3 Å². The van der Waals surface area contributed by atoms with E-state index in [-0.39, 0.29) is 11.7 Å². The van der Waals surface area contributed by atoms with Crippen LogP contribution in [0.2, 0.25) is 0 Å². The van der Waals surface area contributed by atoms with Crippen LogP contribution in [0.15, 0.2) is 35.3 Å². The molecule has 1 aromatic rings. The van der Waals surface area contributed by atoms with Crippen molar-refractivity contribution >= 4 is 21.5 Å². The summed E-state index contributed by atoms with van der Waals surface area (Å²) in [6.45, 7) is 7.25. The predicted octanol–water partition coefficient (Wildman–Crippen LogP) is 1.21. The molecule has 0 saturated carbocycles. The lowest BCUT2D eigenvalue weighted by atomic mass is 10.1. The number of anilines is 1.